The molecule has 2 heterocycles. The molecule has 1 aliphatic heterocycles. The first-order valence-electron chi connectivity index (χ1n) is 7.81. The Bertz CT molecular complexity index is 710. The summed E-state index contributed by atoms with van der Waals surface area (Å²) in [6.45, 7) is 5.64. The first kappa shape index (κ1) is 14.6. The Hall–Kier alpha value is -2.29. The van der Waals surface area contributed by atoms with Crippen molar-refractivity contribution in [3.63, 3.8) is 0 Å². The molecule has 1 aliphatic rings. The maximum Gasteiger partial charge on any atom is 0.127 e. The van der Waals surface area contributed by atoms with E-state index in [4.69, 9.17) is 9.15 Å². The average Bonchev–Trinajstić information content (AvgIpc) is 2.96. The quantitative estimate of drug-likeness (QED) is 0.817. The van der Waals surface area contributed by atoms with Gasteiger partial charge in [-0.1, -0.05) is 6.92 Å². The Morgan fingerprint density at radius 2 is 2.14 bits per heavy atom. The number of rotatable bonds is 5. The van der Waals surface area contributed by atoms with Gasteiger partial charge in [-0.3, -0.25) is 4.99 Å². The lowest BCUT2D eigenvalue weighted by atomic mass is 9.97. The van der Waals surface area contributed by atoms with Crippen molar-refractivity contribution in [2.24, 2.45) is 4.99 Å². The minimum atomic E-state index is 0.761. The maximum atomic E-state index is 5.72. The normalized spacial score (nSPS) is 14.0. The van der Waals surface area contributed by atoms with E-state index in [1.165, 1.54) is 11.1 Å². The Labute approximate surface area is 131 Å². The number of nitrogens with zero attached hydrogens (tertiary/aromatic N) is 1. The zero-order valence-corrected chi connectivity index (χ0v) is 13.1. The van der Waals surface area contributed by atoms with Gasteiger partial charge in [0, 0.05) is 12.1 Å². The van der Waals surface area contributed by atoms with E-state index in [1.54, 1.807) is 0 Å². The highest BCUT2D eigenvalue weighted by Gasteiger charge is 2.13. The van der Waals surface area contributed by atoms with Crippen LogP contribution in [0.3, 0.4) is 0 Å². The zero-order valence-electron chi connectivity index (χ0n) is 13.1. The van der Waals surface area contributed by atoms with Crippen LogP contribution in [0.15, 0.2) is 45.8 Å². The minimum Gasteiger partial charge on any atom is -0.494 e. The van der Waals surface area contributed by atoms with Gasteiger partial charge in [-0.25, -0.2) is 0 Å². The monoisotopic (exact) mass is 295 g/mol. The van der Waals surface area contributed by atoms with E-state index < -0.39 is 0 Å². The molecule has 1 aromatic carbocycles. The van der Waals surface area contributed by atoms with Gasteiger partial charge in [0.05, 0.1) is 12.3 Å². The summed E-state index contributed by atoms with van der Waals surface area (Å²) in [5.41, 5.74) is 3.51. The van der Waals surface area contributed by atoms with Crippen LogP contribution in [0.2, 0.25) is 0 Å². The molecule has 0 radical (unpaired) electrons. The second-order valence-corrected chi connectivity index (χ2v) is 5.47. The molecule has 2 aromatic rings. The molecule has 3 nitrogen and oxygen atoms in total. The molecule has 22 heavy (non-hydrogen) atoms. The van der Waals surface area contributed by atoms with Gasteiger partial charge >= 0.3 is 0 Å². The molecule has 0 atom stereocenters. The second kappa shape index (κ2) is 6.65. The van der Waals surface area contributed by atoms with Crippen LogP contribution in [-0.2, 0) is 6.42 Å². The lowest BCUT2D eigenvalue weighted by Gasteiger charge is -2.16. The molecule has 0 unspecified atom stereocenters. The fraction of sp³-hybridized carbons (Fsp3) is 0.316. The van der Waals surface area contributed by atoms with Crippen LogP contribution >= 0.6 is 0 Å². The van der Waals surface area contributed by atoms with Crippen LogP contribution in [-0.4, -0.2) is 18.9 Å². The van der Waals surface area contributed by atoms with Crippen LogP contribution in [0.25, 0.3) is 6.08 Å². The van der Waals surface area contributed by atoms with E-state index >= 15 is 0 Å². The summed E-state index contributed by atoms with van der Waals surface area (Å²) in [5, 5.41) is 0. The number of furan rings is 1. The number of hydrogen-bond acceptors (Lipinski definition) is 3. The van der Waals surface area contributed by atoms with Gasteiger partial charge in [-0.05, 0) is 67.8 Å². The van der Waals surface area contributed by atoms with E-state index in [2.05, 4.69) is 24.0 Å². The van der Waals surface area contributed by atoms with Gasteiger partial charge in [0.2, 0.25) is 0 Å². The lowest BCUT2D eigenvalue weighted by molar-refractivity contribution is 0.317. The molecule has 0 N–H and O–H groups in total. The Morgan fingerprint density at radius 3 is 2.91 bits per heavy atom. The van der Waals surface area contributed by atoms with Crippen molar-refractivity contribution in [3.8, 4) is 5.75 Å². The summed E-state index contributed by atoms with van der Waals surface area (Å²) >= 11 is 0. The summed E-state index contributed by atoms with van der Waals surface area (Å²) < 4.78 is 11.3. The van der Waals surface area contributed by atoms with Crippen molar-refractivity contribution in [1.29, 1.82) is 0 Å². The molecule has 3 rings (SSSR count). The largest absolute Gasteiger partial charge is 0.494 e. The number of aryl methyl sites for hydroxylation is 1. The van der Waals surface area contributed by atoms with Crippen molar-refractivity contribution in [1.82, 2.24) is 0 Å². The van der Waals surface area contributed by atoms with Crippen molar-refractivity contribution in [3.05, 3.63) is 59.1 Å². The van der Waals surface area contributed by atoms with Gasteiger partial charge < -0.3 is 9.15 Å². The van der Waals surface area contributed by atoms with Gasteiger partial charge in [0.1, 0.15) is 17.3 Å². The zero-order chi connectivity index (χ0) is 15.4. The molecule has 0 aliphatic carbocycles. The molecule has 0 bridgehead atoms. The smallest absolute Gasteiger partial charge is 0.127 e. The van der Waals surface area contributed by atoms with Gasteiger partial charge in [-0.15, -0.1) is 0 Å². The third-order valence-corrected chi connectivity index (χ3v) is 3.66. The Kier molecular flexibility index (Phi) is 4.42. The topological polar surface area (TPSA) is 34.7 Å². The van der Waals surface area contributed by atoms with Crippen LogP contribution < -0.4 is 4.74 Å². The third-order valence-electron chi connectivity index (χ3n) is 3.66. The van der Waals surface area contributed by atoms with E-state index in [-0.39, 0.29) is 0 Å². The molecule has 0 amide bonds. The highest BCUT2D eigenvalue weighted by atomic mass is 16.5. The molecular weight excluding hydrogens is 274 g/mol. The third kappa shape index (κ3) is 3.30. The highest BCUT2D eigenvalue weighted by Crippen LogP contribution is 2.23. The lowest BCUT2D eigenvalue weighted by Crippen LogP contribution is -2.11. The van der Waals surface area contributed by atoms with Gasteiger partial charge in [0.25, 0.3) is 0 Å². The fourth-order valence-corrected chi connectivity index (χ4v) is 2.57. The Balaban J connectivity index is 1.80. The van der Waals surface area contributed by atoms with E-state index in [9.17, 15) is 0 Å². The molecular formula is C19H21NO2. The predicted octanol–water partition coefficient (Wildman–Crippen LogP) is 4.44. The van der Waals surface area contributed by atoms with Gasteiger partial charge in [-0.2, -0.15) is 0 Å². The van der Waals surface area contributed by atoms with E-state index in [1.807, 2.05) is 37.3 Å². The fourth-order valence-electron chi connectivity index (χ4n) is 2.57. The number of ether oxygens (including phenoxy) is 1. The highest BCUT2D eigenvalue weighted by molar-refractivity contribution is 6.12. The van der Waals surface area contributed by atoms with Crippen LogP contribution in [0.5, 0.6) is 5.75 Å². The van der Waals surface area contributed by atoms with Crippen molar-refractivity contribution >= 4 is 11.8 Å². The standard InChI is InChI=1S/C19H21NO2/c1-3-12-21-17-6-8-18-15(13-17)10-11-20-19(18)9-7-16-5-4-14(2)22-16/h4-9,13H,3,10-12H2,1-2H3/b9-7+. The average molecular weight is 295 g/mol. The summed E-state index contributed by atoms with van der Waals surface area (Å²) in [7, 11) is 0. The summed E-state index contributed by atoms with van der Waals surface area (Å²) in [5.74, 6) is 2.73. The number of allylic oxidation sites excluding steroid dienone is 1. The number of aliphatic imine (C=N–C) groups is 1. The maximum absolute atomic E-state index is 5.72. The second-order valence-electron chi connectivity index (χ2n) is 5.47. The minimum absolute atomic E-state index is 0.761. The molecule has 1 aromatic heterocycles. The summed E-state index contributed by atoms with van der Waals surface area (Å²) in [4.78, 5) is 4.63. The van der Waals surface area contributed by atoms with Crippen LogP contribution in [0.1, 0.15) is 36.0 Å². The molecule has 114 valence electrons. The number of hydrogen-bond donors (Lipinski definition) is 0. The first-order valence-corrected chi connectivity index (χ1v) is 7.81. The molecule has 0 spiro atoms. The van der Waals surface area contributed by atoms with Crippen LogP contribution in [0, 0.1) is 6.92 Å². The Morgan fingerprint density at radius 1 is 1.23 bits per heavy atom. The first-order chi connectivity index (χ1) is 10.8. The van der Waals surface area contributed by atoms with E-state index in [0.717, 1.165) is 49.0 Å². The number of fused-ring (bicyclic) bond motifs is 1. The van der Waals surface area contributed by atoms with Gasteiger partial charge in [0.15, 0.2) is 0 Å². The van der Waals surface area contributed by atoms with Crippen molar-refractivity contribution in [2.75, 3.05) is 13.2 Å². The molecule has 3 heteroatoms. The number of benzene rings is 1. The molecule has 0 fully saturated rings. The van der Waals surface area contributed by atoms with Crippen molar-refractivity contribution in [2.45, 2.75) is 26.7 Å². The SMILES string of the molecule is CCCOc1ccc2c(c1)CCN=C2/C=C/c1ccc(C)o1. The van der Waals surface area contributed by atoms with Crippen molar-refractivity contribution < 1.29 is 9.15 Å². The summed E-state index contributed by atoms with van der Waals surface area (Å²) in [6.07, 6.45) is 6.00. The van der Waals surface area contributed by atoms with E-state index in [0.29, 0.717) is 0 Å². The molecule has 0 saturated heterocycles. The summed E-state index contributed by atoms with van der Waals surface area (Å²) in [6, 6.07) is 10.2. The molecule has 0 saturated carbocycles. The van der Waals surface area contributed by atoms with Crippen LogP contribution in [0.4, 0.5) is 0 Å². The predicted molar refractivity (Wildman–Crippen MR) is 89.8 cm³/mol.